The molecular formula is C22H21NO3S. The van der Waals surface area contributed by atoms with E-state index in [4.69, 9.17) is 9.47 Å². The van der Waals surface area contributed by atoms with E-state index in [-0.39, 0.29) is 11.9 Å². The molecule has 0 saturated carbocycles. The fourth-order valence-electron chi connectivity index (χ4n) is 3.63. The van der Waals surface area contributed by atoms with Crippen molar-refractivity contribution in [2.75, 3.05) is 20.8 Å². The molecule has 1 atom stereocenters. The highest BCUT2D eigenvalue weighted by molar-refractivity contribution is 7.10. The molecule has 0 unspecified atom stereocenters. The maximum absolute atomic E-state index is 13.5. The van der Waals surface area contributed by atoms with E-state index in [9.17, 15) is 4.79 Å². The minimum atomic E-state index is -0.0779. The summed E-state index contributed by atoms with van der Waals surface area (Å²) in [5.41, 5.74) is 2.92. The summed E-state index contributed by atoms with van der Waals surface area (Å²) in [6, 6.07) is 17.6. The van der Waals surface area contributed by atoms with Gasteiger partial charge in [0.25, 0.3) is 5.91 Å². The number of carbonyl (C=O) groups is 1. The maximum atomic E-state index is 13.5. The molecule has 1 aliphatic heterocycles. The number of ether oxygens (including phenoxy) is 2. The third kappa shape index (κ3) is 3.30. The Morgan fingerprint density at radius 3 is 2.41 bits per heavy atom. The number of fused-ring (bicyclic) bond motifs is 1. The Kier molecular flexibility index (Phi) is 4.86. The molecule has 0 aliphatic carbocycles. The highest BCUT2D eigenvalue weighted by atomic mass is 32.1. The topological polar surface area (TPSA) is 38.8 Å². The molecule has 0 radical (unpaired) electrons. The second-order valence-corrected chi connectivity index (χ2v) is 7.46. The van der Waals surface area contributed by atoms with Crippen LogP contribution < -0.4 is 9.47 Å². The largest absolute Gasteiger partial charge is 0.497 e. The zero-order valence-electron chi connectivity index (χ0n) is 15.3. The normalized spacial score (nSPS) is 15.9. The van der Waals surface area contributed by atoms with Gasteiger partial charge in [0.1, 0.15) is 11.5 Å². The van der Waals surface area contributed by atoms with Crippen LogP contribution in [0.3, 0.4) is 0 Å². The fraction of sp³-hybridized carbons (Fsp3) is 0.227. The van der Waals surface area contributed by atoms with E-state index < -0.39 is 0 Å². The van der Waals surface area contributed by atoms with E-state index in [0.717, 1.165) is 12.0 Å². The number of benzene rings is 2. The van der Waals surface area contributed by atoms with E-state index >= 15 is 0 Å². The number of rotatable bonds is 4. The van der Waals surface area contributed by atoms with Crippen molar-refractivity contribution >= 4 is 17.2 Å². The van der Waals surface area contributed by atoms with Crippen LogP contribution in [0.15, 0.2) is 60.0 Å². The number of thiophene rings is 1. The van der Waals surface area contributed by atoms with Crippen LogP contribution in [0, 0.1) is 0 Å². The van der Waals surface area contributed by atoms with Crippen molar-refractivity contribution in [3.8, 4) is 11.5 Å². The zero-order chi connectivity index (χ0) is 18.8. The summed E-state index contributed by atoms with van der Waals surface area (Å²) in [5.74, 6) is 1.21. The van der Waals surface area contributed by atoms with Crippen molar-refractivity contribution < 1.29 is 14.3 Å². The summed E-state index contributed by atoms with van der Waals surface area (Å²) in [4.78, 5) is 16.8. The van der Waals surface area contributed by atoms with Crippen molar-refractivity contribution in [2.24, 2.45) is 0 Å². The zero-order valence-corrected chi connectivity index (χ0v) is 16.2. The second-order valence-electron chi connectivity index (χ2n) is 6.46. The van der Waals surface area contributed by atoms with Gasteiger partial charge in [-0.2, -0.15) is 0 Å². The molecule has 4 rings (SSSR count). The Bertz CT molecular complexity index is 929. The van der Waals surface area contributed by atoms with Crippen LogP contribution >= 0.6 is 11.3 Å². The van der Waals surface area contributed by atoms with Crippen LogP contribution in [0.2, 0.25) is 0 Å². The minimum absolute atomic E-state index is 0.0158. The lowest BCUT2D eigenvalue weighted by molar-refractivity contribution is 0.0695. The van der Waals surface area contributed by atoms with Gasteiger partial charge in [-0.05, 0) is 41.1 Å². The van der Waals surface area contributed by atoms with Gasteiger partial charge >= 0.3 is 0 Å². The lowest BCUT2D eigenvalue weighted by atomic mass is 9.92. The molecular weight excluding hydrogens is 358 g/mol. The highest BCUT2D eigenvalue weighted by Gasteiger charge is 2.33. The molecule has 0 fully saturated rings. The minimum Gasteiger partial charge on any atom is -0.497 e. The average Bonchev–Trinajstić information content (AvgIpc) is 3.21. The molecule has 1 amide bonds. The van der Waals surface area contributed by atoms with E-state index in [1.165, 1.54) is 10.4 Å². The van der Waals surface area contributed by atoms with Crippen LogP contribution in [0.1, 0.15) is 32.4 Å². The molecule has 0 spiro atoms. The van der Waals surface area contributed by atoms with Crippen molar-refractivity contribution in [3.63, 3.8) is 0 Å². The second kappa shape index (κ2) is 7.45. The first-order valence-corrected chi connectivity index (χ1v) is 9.74. The average molecular weight is 379 g/mol. The highest BCUT2D eigenvalue weighted by Crippen LogP contribution is 2.39. The van der Waals surface area contributed by atoms with E-state index in [0.29, 0.717) is 23.6 Å². The standard InChI is InChI=1S/C22H21NO3S/c1-25-17-12-16(13-18(14-17)26-2)22(24)23-10-8-20-19(9-11-27-20)21(23)15-6-4-3-5-7-15/h3-7,9,11-14,21H,8,10H2,1-2H3/t21-/m0/s1. The van der Waals surface area contributed by atoms with Gasteiger partial charge in [0.2, 0.25) is 0 Å². The summed E-state index contributed by atoms with van der Waals surface area (Å²) >= 11 is 1.77. The van der Waals surface area contributed by atoms with Crippen LogP contribution in [-0.2, 0) is 6.42 Å². The predicted molar refractivity (Wildman–Crippen MR) is 107 cm³/mol. The number of carbonyl (C=O) groups excluding carboxylic acids is 1. The first kappa shape index (κ1) is 17.6. The van der Waals surface area contributed by atoms with Gasteiger partial charge in [-0.25, -0.2) is 0 Å². The Labute approximate surface area is 163 Å². The molecule has 0 bridgehead atoms. The van der Waals surface area contributed by atoms with Gasteiger partial charge in [-0.1, -0.05) is 30.3 Å². The Morgan fingerprint density at radius 2 is 1.74 bits per heavy atom. The van der Waals surface area contributed by atoms with Crippen molar-refractivity contribution in [1.29, 1.82) is 0 Å². The van der Waals surface area contributed by atoms with Crippen molar-refractivity contribution in [3.05, 3.63) is 81.5 Å². The number of nitrogens with zero attached hydrogens (tertiary/aromatic N) is 1. The third-order valence-electron chi connectivity index (χ3n) is 4.94. The number of hydrogen-bond donors (Lipinski definition) is 0. The van der Waals surface area contributed by atoms with Gasteiger partial charge in [-0.15, -0.1) is 11.3 Å². The molecule has 5 heteroatoms. The summed E-state index contributed by atoms with van der Waals surface area (Å²) in [6.45, 7) is 0.686. The van der Waals surface area contributed by atoms with Crippen LogP contribution in [0.5, 0.6) is 11.5 Å². The molecule has 1 aliphatic rings. The lowest BCUT2D eigenvalue weighted by Crippen LogP contribution is -2.40. The molecule has 27 heavy (non-hydrogen) atoms. The molecule has 2 heterocycles. The van der Waals surface area contributed by atoms with Gasteiger partial charge in [0.05, 0.1) is 20.3 Å². The van der Waals surface area contributed by atoms with Crippen molar-refractivity contribution in [1.82, 2.24) is 4.90 Å². The first-order valence-electron chi connectivity index (χ1n) is 8.86. The van der Waals surface area contributed by atoms with Gasteiger partial charge in [0, 0.05) is 23.1 Å². The summed E-state index contributed by atoms with van der Waals surface area (Å²) < 4.78 is 10.7. The van der Waals surface area contributed by atoms with Gasteiger partial charge < -0.3 is 14.4 Å². The molecule has 3 aromatic rings. The Balaban J connectivity index is 1.77. The lowest BCUT2D eigenvalue weighted by Gasteiger charge is -2.36. The van der Waals surface area contributed by atoms with E-state index in [1.807, 2.05) is 23.1 Å². The van der Waals surface area contributed by atoms with Crippen LogP contribution in [0.25, 0.3) is 0 Å². The van der Waals surface area contributed by atoms with Crippen molar-refractivity contribution in [2.45, 2.75) is 12.5 Å². The van der Waals surface area contributed by atoms with Gasteiger partial charge in [0.15, 0.2) is 0 Å². The summed E-state index contributed by atoms with van der Waals surface area (Å²) in [7, 11) is 3.18. The Morgan fingerprint density at radius 1 is 1.04 bits per heavy atom. The smallest absolute Gasteiger partial charge is 0.254 e. The summed E-state index contributed by atoms with van der Waals surface area (Å²) in [6.07, 6.45) is 0.878. The molecule has 0 N–H and O–H groups in total. The quantitative estimate of drug-likeness (QED) is 0.667. The summed E-state index contributed by atoms with van der Waals surface area (Å²) in [5, 5.41) is 2.11. The number of hydrogen-bond acceptors (Lipinski definition) is 4. The van der Waals surface area contributed by atoms with E-state index in [1.54, 1.807) is 43.8 Å². The predicted octanol–water partition coefficient (Wildman–Crippen LogP) is 4.55. The molecule has 138 valence electrons. The Hall–Kier alpha value is -2.79. The molecule has 4 nitrogen and oxygen atoms in total. The molecule has 1 aromatic heterocycles. The van der Waals surface area contributed by atoms with Gasteiger partial charge in [-0.3, -0.25) is 4.79 Å². The SMILES string of the molecule is COc1cc(OC)cc(C(=O)N2CCc3sccc3[C@@H]2c2ccccc2)c1. The monoisotopic (exact) mass is 379 g/mol. The molecule has 2 aromatic carbocycles. The first-order chi connectivity index (χ1) is 13.2. The van der Waals surface area contributed by atoms with Crippen LogP contribution in [-0.4, -0.2) is 31.6 Å². The third-order valence-corrected chi connectivity index (χ3v) is 5.94. The van der Waals surface area contributed by atoms with E-state index in [2.05, 4.69) is 23.6 Å². The van der Waals surface area contributed by atoms with Crippen LogP contribution in [0.4, 0.5) is 0 Å². The number of methoxy groups -OCH3 is 2. The maximum Gasteiger partial charge on any atom is 0.254 e. The fourth-order valence-corrected chi connectivity index (χ4v) is 4.53. The number of amides is 1. The molecule has 0 saturated heterocycles.